The first kappa shape index (κ1) is 8.20. The van der Waals surface area contributed by atoms with Gasteiger partial charge in [-0.2, -0.15) is 0 Å². The number of nitrogens with one attached hydrogen (secondary N) is 1. The highest BCUT2D eigenvalue weighted by Crippen LogP contribution is 2.13. The molecule has 0 bridgehead atoms. The third-order valence-corrected chi connectivity index (χ3v) is 2.46. The summed E-state index contributed by atoms with van der Waals surface area (Å²) in [5, 5.41) is 7.03. The molecule has 0 aliphatic heterocycles. The number of aromatic nitrogens is 1. The lowest BCUT2D eigenvalue weighted by Crippen LogP contribution is -2.09. The predicted molar refractivity (Wildman–Crippen MR) is 47.1 cm³/mol. The molecule has 0 saturated heterocycles. The van der Waals surface area contributed by atoms with Gasteiger partial charge in [0.2, 0.25) is 0 Å². The van der Waals surface area contributed by atoms with Crippen LogP contribution in [0.1, 0.15) is 17.0 Å². The Morgan fingerprint density at radius 3 is 3.00 bits per heavy atom. The van der Waals surface area contributed by atoms with E-state index in [0.29, 0.717) is 6.42 Å². The first-order chi connectivity index (χ1) is 5.20. The third-order valence-electron chi connectivity index (χ3n) is 1.47. The van der Waals surface area contributed by atoms with E-state index in [1.807, 2.05) is 12.4 Å². The average molecular weight is 169 g/mol. The van der Waals surface area contributed by atoms with Gasteiger partial charge in [-0.05, 0) is 13.3 Å². The van der Waals surface area contributed by atoms with Gasteiger partial charge in [-0.15, -0.1) is 11.3 Å². The van der Waals surface area contributed by atoms with Crippen LogP contribution in [0.3, 0.4) is 0 Å². The fourth-order valence-corrected chi connectivity index (χ4v) is 1.60. The van der Waals surface area contributed by atoms with Crippen LogP contribution in [0.15, 0.2) is 5.51 Å². The van der Waals surface area contributed by atoms with Crippen molar-refractivity contribution >= 4 is 17.2 Å². The molecule has 0 saturated carbocycles. The quantitative estimate of drug-likeness (QED) is 0.529. The minimum absolute atomic E-state index is 0.248. The predicted octanol–water partition coefficient (Wildman–Crippen LogP) is 1.32. The number of amidine groups is 1. The fraction of sp³-hybridized carbons (Fsp3) is 0.429. The molecule has 0 spiro atoms. The molecule has 4 heteroatoms. The zero-order chi connectivity index (χ0) is 8.27. The molecule has 1 aromatic rings. The first-order valence-electron chi connectivity index (χ1n) is 3.42. The molecule has 1 heterocycles. The van der Waals surface area contributed by atoms with Gasteiger partial charge < -0.3 is 5.73 Å². The molecule has 0 unspecified atom stereocenters. The van der Waals surface area contributed by atoms with E-state index in [0.717, 1.165) is 12.1 Å². The van der Waals surface area contributed by atoms with E-state index in [1.54, 1.807) is 11.3 Å². The Bertz CT molecular complexity index is 254. The maximum absolute atomic E-state index is 7.03. The largest absolute Gasteiger partial charge is 0.388 e. The molecule has 3 nitrogen and oxygen atoms in total. The number of nitrogens with two attached hydrogens (primary N) is 1. The van der Waals surface area contributed by atoms with E-state index < -0.39 is 0 Å². The van der Waals surface area contributed by atoms with Crippen LogP contribution >= 0.6 is 11.3 Å². The maximum atomic E-state index is 7.03. The maximum Gasteiger partial charge on any atom is 0.0908 e. The minimum Gasteiger partial charge on any atom is -0.388 e. The third kappa shape index (κ3) is 2.31. The summed E-state index contributed by atoms with van der Waals surface area (Å²) in [5.74, 6) is 0.248. The second-order valence-corrected chi connectivity index (χ2v) is 3.33. The molecule has 60 valence electrons. The van der Waals surface area contributed by atoms with Crippen molar-refractivity contribution in [2.45, 2.75) is 19.8 Å². The van der Waals surface area contributed by atoms with Gasteiger partial charge in [-0.3, -0.25) is 5.41 Å². The molecular weight excluding hydrogens is 158 g/mol. The van der Waals surface area contributed by atoms with Gasteiger partial charge >= 0.3 is 0 Å². The van der Waals surface area contributed by atoms with Crippen molar-refractivity contribution < 1.29 is 0 Å². The average Bonchev–Trinajstić information content (AvgIpc) is 2.31. The molecule has 0 amide bonds. The highest BCUT2D eigenvalue weighted by atomic mass is 32.1. The van der Waals surface area contributed by atoms with Gasteiger partial charge in [-0.1, -0.05) is 0 Å². The van der Waals surface area contributed by atoms with E-state index in [9.17, 15) is 0 Å². The van der Waals surface area contributed by atoms with Crippen LogP contribution in [-0.4, -0.2) is 10.8 Å². The molecule has 0 atom stereocenters. The Hall–Kier alpha value is -0.900. The molecule has 0 aromatic carbocycles. The van der Waals surface area contributed by atoms with Crippen LogP contribution < -0.4 is 5.73 Å². The van der Waals surface area contributed by atoms with Crippen molar-refractivity contribution in [3.63, 3.8) is 0 Å². The van der Waals surface area contributed by atoms with Gasteiger partial charge in [0.25, 0.3) is 0 Å². The smallest absolute Gasteiger partial charge is 0.0908 e. The summed E-state index contributed by atoms with van der Waals surface area (Å²) in [7, 11) is 0. The monoisotopic (exact) mass is 169 g/mol. The summed E-state index contributed by atoms with van der Waals surface area (Å²) in [6, 6.07) is 0. The highest BCUT2D eigenvalue weighted by Gasteiger charge is 2.00. The molecule has 0 aliphatic carbocycles. The Kier molecular flexibility index (Phi) is 2.59. The van der Waals surface area contributed by atoms with Gasteiger partial charge in [0.1, 0.15) is 0 Å². The number of aryl methyl sites for hydroxylation is 2. The molecule has 11 heavy (non-hydrogen) atoms. The highest BCUT2D eigenvalue weighted by molar-refractivity contribution is 7.09. The number of hydrogen-bond acceptors (Lipinski definition) is 3. The van der Waals surface area contributed by atoms with E-state index in [1.165, 1.54) is 4.88 Å². The summed E-state index contributed by atoms with van der Waals surface area (Å²) >= 11 is 1.63. The summed E-state index contributed by atoms with van der Waals surface area (Å²) in [6.07, 6.45) is 1.49. The Morgan fingerprint density at radius 2 is 2.55 bits per heavy atom. The summed E-state index contributed by atoms with van der Waals surface area (Å²) in [6.45, 7) is 1.98. The number of rotatable bonds is 3. The van der Waals surface area contributed by atoms with Crippen molar-refractivity contribution in [3.8, 4) is 0 Å². The lowest BCUT2D eigenvalue weighted by atomic mass is 10.2. The van der Waals surface area contributed by atoms with Gasteiger partial charge in [0.05, 0.1) is 17.0 Å². The summed E-state index contributed by atoms with van der Waals surface area (Å²) in [4.78, 5) is 5.34. The van der Waals surface area contributed by atoms with E-state index in [-0.39, 0.29) is 5.84 Å². The zero-order valence-corrected chi connectivity index (χ0v) is 7.24. The lowest BCUT2D eigenvalue weighted by molar-refractivity contribution is 1.02. The van der Waals surface area contributed by atoms with Gasteiger partial charge in [0, 0.05) is 11.3 Å². The molecule has 3 N–H and O–H groups in total. The van der Waals surface area contributed by atoms with Crippen molar-refractivity contribution in [2.24, 2.45) is 5.73 Å². The topological polar surface area (TPSA) is 62.8 Å². The van der Waals surface area contributed by atoms with Crippen LogP contribution in [0, 0.1) is 12.3 Å². The standard InChI is InChI=1S/C7H11N3S/c1-5-6(11-4-10-5)2-3-7(8)9/h4H,2-3H2,1H3,(H3,8,9). The summed E-state index contributed by atoms with van der Waals surface area (Å²) in [5.41, 5.74) is 8.12. The number of nitrogens with zero attached hydrogens (tertiary/aromatic N) is 1. The number of hydrogen-bond donors (Lipinski definition) is 2. The van der Waals surface area contributed by atoms with Crippen molar-refractivity contribution in [1.29, 1.82) is 5.41 Å². The normalized spacial score (nSPS) is 9.91. The second kappa shape index (κ2) is 3.48. The van der Waals surface area contributed by atoms with Crippen LogP contribution in [0.4, 0.5) is 0 Å². The van der Waals surface area contributed by atoms with Crippen molar-refractivity contribution in [1.82, 2.24) is 4.98 Å². The van der Waals surface area contributed by atoms with E-state index >= 15 is 0 Å². The van der Waals surface area contributed by atoms with Crippen molar-refractivity contribution in [3.05, 3.63) is 16.1 Å². The van der Waals surface area contributed by atoms with Crippen molar-refractivity contribution in [2.75, 3.05) is 0 Å². The number of thiazole rings is 1. The Morgan fingerprint density at radius 1 is 1.82 bits per heavy atom. The first-order valence-corrected chi connectivity index (χ1v) is 4.30. The van der Waals surface area contributed by atoms with E-state index in [2.05, 4.69) is 4.98 Å². The molecule has 1 rings (SSSR count). The molecule has 0 radical (unpaired) electrons. The second-order valence-electron chi connectivity index (χ2n) is 2.39. The molecular formula is C7H11N3S. The molecule has 0 fully saturated rings. The van der Waals surface area contributed by atoms with E-state index in [4.69, 9.17) is 11.1 Å². The van der Waals surface area contributed by atoms with Gasteiger partial charge in [0.15, 0.2) is 0 Å². The van der Waals surface area contributed by atoms with Crippen LogP contribution in [0.2, 0.25) is 0 Å². The Labute approximate surface area is 69.8 Å². The molecule has 0 aliphatic rings. The fourth-order valence-electron chi connectivity index (χ4n) is 0.814. The van der Waals surface area contributed by atoms with Crippen LogP contribution in [0.25, 0.3) is 0 Å². The van der Waals surface area contributed by atoms with Crippen LogP contribution in [-0.2, 0) is 6.42 Å². The zero-order valence-electron chi connectivity index (χ0n) is 6.42. The Balaban J connectivity index is 2.51. The van der Waals surface area contributed by atoms with Gasteiger partial charge in [-0.25, -0.2) is 4.98 Å². The SMILES string of the molecule is Cc1ncsc1CCC(=N)N. The molecule has 1 aromatic heterocycles. The summed E-state index contributed by atoms with van der Waals surface area (Å²) < 4.78 is 0. The lowest BCUT2D eigenvalue weighted by Gasteiger charge is -1.95. The minimum atomic E-state index is 0.248. The van der Waals surface area contributed by atoms with Crippen LogP contribution in [0.5, 0.6) is 0 Å².